The van der Waals surface area contributed by atoms with Gasteiger partial charge in [0, 0.05) is 32.2 Å². The molecule has 0 aromatic heterocycles. The van der Waals surface area contributed by atoms with Crippen molar-refractivity contribution in [3.05, 3.63) is 0 Å². The fraction of sp³-hybridized carbons (Fsp3) is 1.00. The molecule has 0 unspecified atom stereocenters. The molecular weight excluding hydrogens is 192 g/mol. The quantitative estimate of drug-likeness (QED) is 0.492. The second-order valence-corrected chi connectivity index (χ2v) is 4.17. The van der Waals surface area contributed by atoms with Gasteiger partial charge in [-0.1, -0.05) is 12.8 Å². The number of hydrogen-bond acceptors (Lipinski definition) is 4. The molecule has 90 valence electrons. The van der Waals surface area contributed by atoms with E-state index in [1.165, 1.54) is 25.7 Å². The van der Waals surface area contributed by atoms with Crippen LogP contribution < -0.4 is 5.32 Å². The Hall–Kier alpha value is -0.160. The molecule has 15 heavy (non-hydrogen) atoms. The maximum Gasteiger partial charge on any atom is 0.0558 e. The Labute approximate surface area is 92.3 Å². The third-order valence-corrected chi connectivity index (χ3v) is 3.09. The molecule has 3 N–H and O–H groups in total. The highest BCUT2D eigenvalue weighted by Gasteiger charge is 2.21. The van der Waals surface area contributed by atoms with E-state index in [1.54, 1.807) is 0 Å². The molecule has 0 aromatic rings. The first-order valence-electron chi connectivity index (χ1n) is 6.05. The van der Waals surface area contributed by atoms with Crippen LogP contribution in [-0.2, 0) is 0 Å². The Balaban J connectivity index is 2.17. The first-order valence-corrected chi connectivity index (χ1v) is 6.05. The molecule has 1 aliphatic rings. The summed E-state index contributed by atoms with van der Waals surface area (Å²) in [4.78, 5) is 2.37. The van der Waals surface area contributed by atoms with Crippen molar-refractivity contribution in [2.24, 2.45) is 0 Å². The zero-order valence-electron chi connectivity index (χ0n) is 9.49. The highest BCUT2D eigenvalue weighted by Crippen LogP contribution is 2.22. The average molecular weight is 216 g/mol. The molecule has 4 nitrogen and oxygen atoms in total. The minimum Gasteiger partial charge on any atom is -0.395 e. The monoisotopic (exact) mass is 216 g/mol. The summed E-state index contributed by atoms with van der Waals surface area (Å²) in [5, 5.41) is 20.8. The summed E-state index contributed by atoms with van der Waals surface area (Å²) >= 11 is 0. The standard InChI is InChI=1S/C11H24N2O2/c14-9-6-12-5-7-13(8-10-15)11-3-1-2-4-11/h11-12,14-15H,1-10H2. The van der Waals surface area contributed by atoms with Crippen LogP contribution >= 0.6 is 0 Å². The zero-order valence-corrected chi connectivity index (χ0v) is 9.49. The molecule has 1 fully saturated rings. The van der Waals surface area contributed by atoms with Gasteiger partial charge < -0.3 is 15.5 Å². The molecule has 0 saturated heterocycles. The fourth-order valence-electron chi connectivity index (χ4n) is 2.30. The molecule has 0 spiro atoms. The molecule has 0 radical (unpaired) electrons. The van der Waals surface area contributed by atoms with E-state index in [2.05, 4.69) is 10.2 Å². The van der Waals surface area contributed by atoms with Crippen LogP contribution in [0.4, 0.5) is 0 Å². The van der Waals surface area contributed by atoms with Gasteiger partial charge in [0.05, 0.1) is 13.2 Å². The number of nitrogens with one attached hydrogen (secondary N) is 1. The van der Waals surface area contributed by atoms with E-state index >= 15 is 0 Å². The Morgan fingerprint density at radius 2 is 1.73 bits per heavy atom. The van der Waals surface area contributed by atoms with Crippen molar-refractivity contribution in [3.8, 4) is 0 Å². The summed E-state index contributed by atoms with van der Waals surface area (Å²) in [6.45, 7) is 3.77. The van der Waals surface area contributed by atoms with Crippen molar-refractivity contribution < 1.29 is 10.2 Å². The van der Waals surface area contributed by atoms with Gasteiger partial charge in [-0.05, 0) is 12.8 Å². The number of aliphatic hydroxyl groups is 2. The summed E-state index contributed by atoms with van der Waals surface area (Å²) in [7, 11) is 0. The smallest absolute Gasteiger partial charge is 0.0558 e. The molecule has 1 aliphatic carbocycles. The first kappa shape index (κ1) is 12.9. The van der Waals surface area contributed by atoms with E-state index in [4.69, 9.17) is 10.2 Å². The zero-order chi connectivity index (χ0) is 10.9. The lowest BCUT2D eigenvalue weighted by Crippen LogP contribution is -2.40. The summed E-state index contributed by atoms with van der Waals surface area (Å²) in [5.41, 5.74) is 0. The van der Waals surface area contributed by atoms with Crippen molar-refractivity contribution in [1.82, 2.24) is 10.2 Å². The van der Waals surface area contributed by atoms with Crippen LogP contribution in [0.25, 0.3) is 0 Å². The summed E-state index contributed by atoms with van der Waals surface area (Å²) in [6.07, 6.45) is 5.22. The summed E-state index contributed by atoms with van der Waals surface area (Å²) < 4.78 is 0. The van der Waals surface area contributed by atoms with Crippen LogP contribution in [0, 0.1) is 0 Å². The molecule has 0 atom stereocenters. The van der Waals surface area contributed by atoms with Gasteiger partial charge in [0.1, 0.15) is 0 Å². The van der Waals surface area contributed by atoms with E-state index in [0.29, 0.717) is 12.6 Å². The van der Waals surface area contributed by atoms with Gasteiger partial charge in [-0.25, -0.2) is 0 Å². The minimum absolute atomic E-state index is 0.198. The van der Waals surface area contributed by atoms with E-state index in [0.717, 1.165) is 19.6 Å². The lowest BCUT2D eigenvalue weighted by atomic mass is 10.2. The Kier molecular flexibility index (Phi) is 6.92. The van der Waals surface area contributed by atoms with Gasteiger partial charge in [0.2, 0.25) is 0 Å². The molecule has 0 aliphatic heterocycles. The Morgan fingerprint density at radius 3 is 2.33 bits per heavy atom. The molecule has 1 saturated carbocycles. The molecular formula is C11H24N2O2. The second-order valence-electron chi connectivity index (χ2n) is 4.17. The third-order valence-electron chi connectivity index (χ3n) is 3.09. The number of nitrogens with zero attached hydrogens (tertiary/aromatic N) is 1. The van der Waals surface area contributed by atoms with Crippen molar-refractivity contribution in [1.29, 1.82) is 0 Å². The lowest BCUT2D eigenvalue weighted by molar-refractivity contribution is 0.151. The van der Waals surface area contributed by atoms with Crippen LogP contribution in [0.15, 0.2) is 0 Å². The van der Waals surface area contributed by atoms with Crippen molar-refractivity contribution in [3.63, 3.8) is 0 Å². The van der Waals surface area contributed by atoms with Gasteiger partial charge in [-0.2, -0.15) is 0 Å². The Bertz CT molecular complexity index is 150. The second kappa shape index (κ2) is 8.05. The molecule has 0 aromatic carbocycles. The molecule has 0 amide bonds. The molecule has 4 heteroatoms. The van der Waals surface area contributed by atoms with E-state index in [-0.39, 0.29) is 13.2 Å². The van der Waals surface area contributed by atoms with Crippen LogP contribution in [0.2, 0.25) is 0 Å². The van der Waals surface area contributed by atoms with Crippen LogP contribution in [-0.4, -0.2) is 60.5 Å². The van der Waals surface area contributed by atoms with E-state index < -0.39 is 0 Å². The SMILES string of the molecule is OCCNCCN(CCO)C1CCCC1. The lowest BCUT2D eigenvalue weighted by Gasteiger charge is -2.28. The predicted molar refractivity (Wildman–Crippen MR) is 60.9 cm³/mol. The maximum atomic E-state index is 9.00. The fourth-order valence-corrected chi connectivity index (χ4v) is 2.30. The topological polar surface area (TPSA) is 55.7 Å². The third kappa shape index (κ3) is 4.93. The largest absolute Gasteiger partial charge is 0.395 e. The normalized spacial score (nSPS) is 17.8. The summed E-state index contributed by atoms with van der Waals surface area (Å²) in [6, 6.07) is 0.674. The molecule has 0 heterocycles. The number of hydrogen-bond donors (Lipinski definition) is 3. The first-order chi connectivity index (χ1) is 7.38. The maximum absolute atomic E-state index is 9.00. The van der Waals surface area contributed by atoms with Gasteiger partial charge in [0.25, 0.3) is 0 Å². The van der Waals surface area contributed by atoms with Crippen LogP contribution in [0.1, 0.15) is 25.7 Å². The highest BCUT2D eigenvalue weighted by atomic mass is 16.3. The van der Waals surface area contributed by atoms with Gasteiger partial charge in [0.15, 0.2) is 0 Å². The molecule has 1 rings (SSSR count). The average Bonchev–Trinajstić information content (AvgIpc) is 2.76. The highest BCUT2D eigenvalue weighted by molar-refractivity contribution is 4.77. The van der Waals surface area contributed by atoms with Gasteiger partial charge >= 0.3 is 0 Å². The van der Waals surface area contributed by atoms with E-state index in [9.17, 15) is 0 Å². The van der Waals surface area contributed by atoms with Crippen molar-refractivity contribution in [2.75, 3.05) is 39.4 Å². The number of aliphatic hydroxyl groups excluding tert-OH is 2. The van der Waals surface area contributed by atoms with Crippen molar-refractivity contribution >= 4 is 0 Å². The van der Waals surface area contributed by atoms with Gasteiger partial charge in [-0.15, -0.1) is 0 Å². The molecule has 0 bridgehead atoms. The summed E-state index contributed by atoms with van der Waals surface area (Å²) in [5.74, 6) is 0. The van der Waals surface area contributed by atoms with Crippen molar-refractivity contribution in [2.45, 2.75) is 31.7 Å². The van der Waals surface area contributed by atoms with E-state index in [1.807, 2.05) is 0 Å². The van der Waals surface area contributed by atoms with Gasteiger partial charge in [-0.3, -0.25) is 4.90 Å². The van der Waals surface area contributed by atoms with Crippen LogP contribution in [0.5, 0.6) is 0 Å². The minimum atomic E-state index is 0.198. The Morgan fingerprint density at radius 1 is 1.00 bits per heavy atom. The predicted octanol–water partition coefficient (Wildman–Crippen LogP) is -0.195. The number of rotatable bonds is 8. The van der Waals surface area contributed by atoms with Crippen LogP contribution in [0.3, 0.4) is 0 Å².